The van der Waals surface area contributed by atoms with Crippen molar-refractivity contribution in [1.29, 1.82) is 5.26 Å². The van der Waals surface area contributed by atoms with Crippen LogP contribution in [0.4, 0.5) is 28.7 Å². The normalized spacial score (nSPS) is 12.7. The molecule has 5 N–H and O–H groups in total. The first kappa shape index (κ1) is 33.7. The van der Waals surface area contributed by atoms with Crippen LogP contribution < -0.4 is 10.6 Å². The molecule has 12 nitrogen and oxygen atoms in total. The lowest BCUT2D eigenvalue weighted by molar-refractivity contribution is 0.0992. The van der Waals surface area contributed by atoms with Crippen LogP contribution in [0.25, 0.3) is 0 Å². The van der Waals surface area contributed by atoms with Crippen LogP contribution in [0.5, 0.6) is 0 Å². The van der Waals surface area contributed by atoms with Gasteiger partial charge < -0.3 is 25.6 Å². The number of nitrogens with one attached hydrogen (secondary N) is 2. The number of ether oxygens (including phenoxy) is 1. The number of nitriles is 1. The van der Waals surface area contributed by atoms with Gasteiger partial charge in [0, 0.05) is 37.1 Å². The van der Waals surface area contributed by atoms with E-state index in [1.54, 1.807) is 31.2 Å². The van der Waals surface area contributed by atoms with E-state index >= 15 is 0 Å². The summed E-state index contributed by atoms with van der Waals surface area (Å²) in [5.41, 5.74) is 2.46. The lowest BCUT2D eigenvalue weighted by Crippen LogP contribution is -2.41. The molecule has 13 heteroatoms. The molecule has 1 heterocycles. The molecule has 0 aliphatic carbocycles. The number of anilines is 3. The first-order valence-corrected chi connectivity index (χ1v) is 16.5. The van der Waals surface area contributed by atoms with Crippen LogP contribution in [0.1, 0.15) is 18.1 Å². The Morgan fingerprint density at radius 2 is 1.74 bits per heavy atom. The molecule has 43 heavy (non-hydrogen) atoms. The molecule has 0 bridgehead atoms. The Bertz CT molecular complexity index is 1470. The van der Waals surface area contributed by atoms with E-state index in [1.807, 2.05) is 42.2 Å². The smallest absolute Gasteiger partial charge is 0.161 e. The van der Waals surface area contributed by atoms with Crippen LogP contribution in [0.15, 0.2) is 69.7 Å². The molecule has 0 radical (unpaired) electrons. The summed E-state index contributed by atoms with van der Waals surface area (Å²) in [5, 5.41) is 43.3. The van der Waals surface area contributed by atoms with Crippen LogP contribution in [-0.4, -0.2) is 93.5 Å². The van der Waals surface area contributed by atoms with E-state index in [4.69, 9.17) is 9.84 Å². The molecule has 1 aromatic heterocycles. The first-order valence-electron chi connectivity index (χ1n) is 14.0. The third kappa shape index (κ3) is 9.62. The van der Waals surface area contributed by atoms with Crippen molar-refractivity contribution in [2.75, 3.05) is 75.2 Å². The summed E-state index contributed by atoms with van der Waals surface area (Å²) >= 11 is 0. The number of hydrogen-bond acceptors (Lipinski definition) is 11. The molecular formula is C30H41N7O5S. The number of hydrogen-bond donors (Lipinski definition) is 5. The Labute approximate surface area is 252 Å². The van der Waals surface area contributed by atoms with Crippen molar-refractivity contribution < 1.29 is 23.7 Å². The predicted molar refractivity (Wildman–Crippen MR) is 169 cm³/mol. The molecule has 0 aliphatic rings. The summed E-state index contributed by atoms with van der Waals surface area (Å²) in [5.74, 6) is 0.787. The van der Waals surface area contributed by atoms with E-state index in [-0.39, 0.29) is 25.6 Å². The van der Waals surface area contributed by atoms with Gasteiger partial charge in [0.1, 0.15) is 17.6 Å². The molecule has 0 saturated carbocycles. The summed E-state index contributed by atoms with van der Waals surface area (Å²) < 4.78 is 29.9. The van der Waals surface area contributed by atoms with Crippen LogP contribution in [0.3, 0.4) is 0 Å². The van der Waals surface area contributed by atoms with Gasteiger partial charge in [-0.1, -0.05) is 25.1 Å². The number of rotatable bonds is 17. The van der Waals surface area contributed by atoms with Gasteiger partial charge in [-0.25, -0.2) is 9.19 Å². The number of benzene rings is 2. The van der Waals surface area contributed by atoms with Crippen molar-refractivity contribution in [3.63, 3.8) is 0 Å². The van der Waals surface area contributed by atoms with Crippen LogP contribution in [0.2, 0.25) is 0 Å². The molecule has 3 rings (SSSR count). The number of pyridine rings is 1. The highest BCUT2D eigenvalue weighted by atomic mass is 32.3. The molecule has 0 atom stereocenters. The average Bonchev–Trinajstić information content (AvgIpc) is 2.99. The molecule has 0 aliphatic heterocycles. The summed E-state index contributed by atoms with van der Waals surface area (Å²) in [6, 6.07) is 18.0. The third-order valence-corrected chi connectivity index (χ3v) is 9.42. The second-order valence-corrected chi connectivity index (χ2v) is 13.9. The predicted octanol–water partition coefficient (Wildman–Crippen LogP) is 4.44. The number of para-hydroxylation sites is 1. The van der Waals surface area contributed by atoms with Gasteiger partial charge in [-0.15, -0.1) is 5.11 Å². The maximum absolute atomic E-state index is 13.5. The Kier molecular flexibility index (Phi) is 12.3. The second kappa shape index (κ2) is 15.6. The minimum absolute atomic E-state index is 0.0118. The third-order valence-electron chi connectivity index (χ3n) is 6.80. The Morgan fingerprint density at radius 1 is 1.02 bits per heavy atom. The lowest BCUT2D eigenvalue weighted by Gasteiger charge is -2.40. The number of nitrogens with zero attached hydrogens (tertiary/aromatic N) is 5. The molecule has 3 aromatic rings. The van der Waals surface area contributed by atoms with Crippen molar-refractivity contribution >= 4 is 38.0 Å². The summed E-state index contributed by atoms with van der Waals surface area (Å²) in [4.78, 5) is 6.87. The summed E-state index contributed by atoms with van der Waals surface area (Å²) in [7, 11) is -4.13. The lowest BCUT2D eigenvalue weighted by atomic mass is 10.1. The highest BCUT2D eigenvalue weighted by molar-refractivity contribution is 8.14. The SMILES string of the molecule is CCN(CCO)CCS(C)(=O)(O)c1ccc(N=Nc2c(Nc3ccccc3)nc(NCCOCCO)c(C#N)c2C)cc1. The van der Waals surface area contributed by atoms with E-state index in [0.29, 0.717) is 71.8 Å². The Balaban J connectivity index is 1.90. The summed E-state index contributed by atoms with van der Waals surface area (Å²) in [6.45, 7) is 6.03. The van der Waals surface area contributed by atoms with E-state index in [1.165, 1.54) is 6.26 Å². The number of likely N-dealkylation sites (N-methyl/N-ethyl adjacent to an activating group) is 1. The standard InChI is InChI=1S/C30H41N7O5S/c1-4-37(15-17-38)16-21-43(3,40,41)26-12-10-25(11-13-26)35-36-28-23(2)27(22-31)29(32-14-19-42-20-18-39)34-30(28)33-24-8-6-5-7-9-24/h5-13,38-39H,4,14-21H2,1-3H3,(H,40,41)(H2,32,33,34). The van der Waals surface area contributed by atoms with Gasteiger partial charge in [0.15, 0.2) is 5.82 Å². The second-order valence-electron chi connectivity index (χ2n) is 10.1. The largest absolute Gasteiger partial charge is 0.395 e. The minimum atomic E-state index is -4.13. The molecule has 232 valence electrons. The van der Waals surface area contributed by atoms with Gasteiger partial charge in [-0.3, -0.25) is 9.45 Å². The van der Waals surface area contributed by atoms with E-state index < -0.39 is 9.35 Å². The first-order chi connectivity index (χ1) is 20.6. The molecule has 0 spiro atoms. The van der Waals surface area contributed by atoms with Gasteiger partial charge in [0.25, 0.3) is 0 Å². The number of azo groups is 1. The highest BCUT2D eigenvalue weighted by Gasteiger charge is 2.25. The number of aliphatic hydroxyl groups excluding tert-OH is 2. The van der Waals surface area contributed by atoms with Crippen molar-refractivity contribution in [2.24, 2.45) is 10.2 Å². The Hall–Kier alpha value is -3.77. The average molecular weight is 612 g/mol. The minimum Gasteiger partial charge on any atom is -0.395 e. The van der Waals surface area contributed by atoms with E-state index in [9.17, 15) is 19.1 Å². The molecule has 2 aromatic carbocycles. The van der Waals surface area contributed by atoms with Crippen LogP contribution in [-0.2, 0) is 14.1 Å². The quantitative estimate of drug-likeness (QED) is 0.108. The van der Waals surface area contributed by atoms with E-state index in [0.717, 1.165) is 5.69 Å². The highest BCUT2D eigenvalue weighted by Crippen LogP contribution is 2.37. The zero-order chi connectivity index (χ0) is 31.3. The monoisotopic (exact) mass is 611 g/mol. The molecular weight excluding hydrogens is 570 g/mol. The number of aromatic nitrogens is 1. The zero-order valence-corrected chi connectivity index (χ0v) is 25.7. The van der Waals surface area contributed by atoms with Crippen molar-refractivity contribution in [3.8, 4) is 6.07 Å². The van der Waals surface area contributed by atoms with Crippen molar-refractivity contribution in [2.45, 2.75) is 18.7 Å². The van der Waals surface area contributed by atoms with Gasteiger partial charge in [0.05, 0.1) is 48.3 Å². The van der Waals surface area contributed by atoms with Gasteiger partial charge in [0.2, 0.25) is 0 Å². The number of aliphatic hydroxyl groups is 2. The van der Waals surface area contributed by atoms with Gasteiger partial charge in [-0.2, -0.15) is 19.7 Å². The fourth-order valence-corrected chi connectivity index (χ4v) is 5.99. The Morgan fingerprint density at radius 3 is 2.37 bits per heavy atom. The summed E-state index contributed by atoms with van der Waals surface area (Å²) in [6.07, 6.45) is 1.36. The topological polar surface area (TPSA) is 176 Å². The molecule has 0 fully saturated rings. The van der Waals surface area contributed by atoms with Crippen LogP contribution >= 0.6 is 0 Å². The van der Waals surface area contributed by atoms with Gasteiger partial charge >= 0.3 is 0 Å². The van der Waals surface area contributed by atoms with Crippen molar-refractivity contribution in [3.05, 3.63) is 65.7 Å². The maximum atomic E-state index is 13.5. The zero-order valence-electron chi connectivity index (χ0n) is 24.9. The van der Waals surface area contributed by atoms with Crippen molar-refractivity contribution in [1.82, 2.24) is 9.88 Å². The van der Waals surface area contributed by atoms with Gasteiger partial charge in [-0.05, 0) is 49.9 Å². The molecule has 0 unspecified atom stereocenters. The fraction of sp³-hybridized carbons (Fsp3) is 0.400. The fourth-order valence-electron chi connectivity index (χ4n) is 4.24. The van der Waals surface area contributed by atoms with E-state index in [2.05, 4.69) is 31.9 Å². The van der Waals surface area contributed by atoms with Crippen LogP contribution in [0, 0.1) is 18.3 Å². The molecule has 0 amide bonds. The maximum Gasteiger partial charge on any atom is 0.161 e. The molecule has 0 saturated heterocycles.